The van der Waals surface area contributed by atoms with Gasteiger partial charge in [-0.2, -0.15) is 5.10 Å². The fraction of sp³-hybridized carbons (Fsp3) is 0.588. The number of aromatic nitrogens is 2. The van der Waals surface area contributed by atoms with Crippen molar-refractivity contribution < 1.29 is 8.78 Å². The summed E-state index contributed by atoms with van der Waals surface area (Å²) in [5.74, 6) is -2.06. The molecule has 0 bridgehead atoms. The first-order valence-corrected chi connectivity index (χ1v) is 7.91. The number of fused-ring (bicyclic) bond motifs is 1. The maximum atomic E-state index is 13.4. The number of hydrogen-bond acceptors (Lipinski definition) is 2. The van der Waals surface area contributed by atoms with Crippen molar-refractivity contribution in [1.82, 2.24) is 14.7 Å². The highest BCUT2D eigenvalue weighted by Gasteiger charge is 2.38. The van der Waals surface area contributed by atoms with E-state index in [4.69, 9.17) is 5.10 Å². The van der Waals surface area contributed by atoms with Gasteiger partial charge in [0.15, 0.2) is 0 Å². The Bertz CT molecular complexity index is 676. The van der Waals surface area contributed by atoms with E-state index in [1.54, 1.807) is 0 Å². The van der Waals surface area contributed by atoms with Crippen LogP contribution in [0.3, 0.4) is 0 Å². The molecule has 1 aromatic carbocycles. The standard InChI is InChI=1S/C17H23F2N3/c1-12(2)9-22-16-13(3)5-4-6-14(16)15(20-22)10-21-8-7-17(18,19)11-21/h4-6,12H,7-11H2,1-3H3. The van der Waals surface area contributed by atoms with Crippen molar-refractivity contribution in [2.75, 3.05) is 13.1 Å². The minimum Gasteiger partial charge on any atom is -0.291 e. The third kappa shape index (κ3) is 3.00. The van der Waals surface area contributed by atoms with Gasteiger partial charge in [0, 0.05) is 31.4 Å². The molecule has 0 N–H and O–H groups in total. The molecule has 120 valence electrons. The van der Waals surface area contributed by atoms with Crippen LogP contribution in [0.25, 0.3) is 10.9 Å². The molecule has 0 amide bonds. The Morgan fingerprint density at radius 3 is 2.73 bits per heavy atom. The molecular weight excluding hydrogens is 284 g/mol. The van der Waals surface area contributed by atoms with Gasteiger partial charge in [0.05, 0.1) is 17.8 Å². The number of rotatable bonds is 4. The summed E-state index contributed by atoms with van der Waals surface area (Å²) in [6.07, 6.45) is -0.0450. The molecule has 5 heteroatoms. The molecule has 1 aliphatic heterocycles. The minimum atomic E-state index is -2.55. The lowest BCUT2D eigenvalue weighted by molar-refractivity contribution is 0.0114. The van der Waals surface area contributed by atoms with Gasteiger partial charge in [-0.25, -0.2) is 8.78 Å². The van der Waals surface area contributed by atoms with Gasteiger partial charge in [0.25, 0.3) is 5.92 Å². The fourth-order valence-corrected chi connectivity index (χ4v) is 3.23. The number of alkyl halides is 2. The normalized spacial score (nSPS) is 18.6. The van der Waals surface area contributed by atoms with Crippen LogP contribution in [0.4, 0.5) is 8.78 Å². The summed E-state index contributed by atoms with van der Waals surface area (Å²) in [6, 6.07) is 6.14. The second-order valence-corrected chi connectivity index (χ2v) is 6.81. The Hall–Kier alpha value is -1.49. The van der Waals surface area contributed by atoms with Gasteiger partial charge in [-0.15, -0.1) is 0 Å². The van der Waals surface area contributed by atoms with Crippen molar-refractivity contribution in [3.63, 3.8) is 0 Å². The van der Waals surface area contributed by atoms with Gasteiger partial charge in [-0.1, -0.05) is 32.0 Å². The van der Waals surface area contributed by atoms with Crippen molar-refractivity contribution in [3.8, 4) is 0 Å². The van der Waals surface area contributed by atoms with E-state index < -0.39 is 5.92 Å². The molecule has 0 spiro atoms. The summed E-state index contributed by atoms with van der Waals surface area (Å²) in [6.45, 7) is 8.03. The van der Waals surface area contributed by atoms with Crippen molar-refractivity contribution in [2.24, 2.45) is 5.92 Å². The van der Waals surface area contributed by atoms with Gasteiger partial charge in [-0.05, 0) is 18.4 Å². The Morgan fingerprint density at radius 2 is 2.09 bits per heavy atom. The summed E-state index contributed by atoms with van der Waals surface area (Å²) in [7, 11) is 0. The predicted octanol–water partition coefficient (Wildman–Crippen LogP) is 3.84. The predicted molar refractivity (Wildman–Crippen MR) is 84.1 cm³/mol. The molecule has 2 heterocycles. The van der Waals surface area contributed by atoms with Crippen LogP contribution in [0.1, 0.15) is 31.5 Å². The second kappa shape index (κ2) is 5.61. The summed E-state index contributed by atoms with van der Waals surface area (Å²) >= 11 is 0. The summed E-state index contributed by atoms with van der Waals surface area (Å²) < 4.78 is 28.8. The second-order valence-electron chi connectivity index (χ2n) is 6.81. The van der Waals surface area contributed by atoms with E-state index >= 15 is 0 Å². The Kier molecular flexibility index (Phi) is 3.93. The average molecular weight is 307 g/mol. The lowest BCUT2D eigenvalue weighted by atomic mass is 10.1. The highest BCUT2D eigenvalue weighted by atomic mass is 19.3. The van der Waals surface area contributed by atoms with Gasteiger partial charge in [0.2, 0.25) is 0 Å². The molecule has 2 aromatic rings. The molecule has 1 fully saturated rings. The van der Waals surface area contributed by atoms with Gasteiger partial charge in [0.1, 0.15) is 0 Å². The molecule has 22 heavy (non-hydrogen) atoms. The van der Waals surface area contributed by atoms with Crippen molar-refractivity contribution in [3.05, 3.63) is 29.5 Å². The number of benzene rings is 1. The monoisotopic (exact) mass is 307 g/mol. The molecule has 0 radical (unpaired) electrons. The van der Waals surface area contributed by atoms with Crippen LogP contribution in [0, 0.1) is 12.8 Å². The maximum Gasteiger partial charge on any atom is 0.261 e. The first-order valence-electron chi connectivity index (χ1n) is 7.91. The summed E-state index contributed by atoms with van der Waals surface area (Å²) in [4.78, 5) is 1.81. The van der Waals surface area contributed by atoms with Gasteiger partial charge >= 0.3 is 0 Å². The molecule has 1 saturated heterocycles. The molecule has 1 aliphatic rings. The smallest absolute Gasteiger partial charge is 0.261 e. The van der Waals surface area contributed by atoms with Crippen LogP contribution >= 0.6 is 0 Å². The van der Waals surface area contributed by atoms with E-state index in [0.717, 1.165) is 23.1 Å². The first-order chi connectivity index (χ1) is 10.4. The zero-order chi connectivity index (χ0) is 15.9. The molecule has 0 saturated carbocycles. The topological polar surface area (TPSA) is 21.1 Å². The lowest BCUT2D eigenvalue weighted by Gasteiger charge is -2.14. The van der Waals surface area contributed by atoms with Crippen molar-refractivity contribution in [2.45, 2.75) is 46.2 Å². The lowest BCUT2D eigenvalue weighted by Crippen LogP contribution is -2.25. The molecule has 0 unspecified atom stereocenters. The van der Waals surface area contributed by atoms with Gasteiger partial charge in [-0.3, -0.25) is 9.58 Å². The quantitative estimate of drug-likeness (QED) is 0.855. The first kappa shape index (κ1) is 15.4. The highest BCUT2D eigenvalue weighted by Crippen LogP contribution is 2.30. The largest absolute Gasteiger partial charge is 0.291 e. The van der Waals surface area contributed by atoms with Gasteiger partial charge < -0.3 is 0 Å². The molecule has 3 rings (SSSR count). The van der Waals surface area contributed by atoms with E-state index in [2.05, 4.69) is 32.9 Å². The Balaban J connectivity index is 1.94. The molecular formula is C17H23F2N3. The van der Waals surface area contributed by atoms with Crippen LogP contribution in [0.5, 0.6) is 0 Å². The maximum absolute atomic E-state index is 13.4. The Labute approximate surface area is 129 Å². The molecule has 0 atom stereocenters. The van der Waals surface area contributed by atoms with E-state index in [1.165, 1.54) is 5.56 Å². The highest BCUT2D eigenvalue weighted by molar-refractivity contribution is 5.84. The fourth-order valence-electron chi connectivity index (χ4n) is 3.23. The van der Waals surface area contributed by atoms with Crippen LogP contribution < -0.4 is 0 Å². The number of likely N-dealkylation sites (tertiary alicyclic amines) is 1. The summed E-state index contributed by atoms with van der Waals surface area (Å²) in [5, 5.41) is 5.83. The van der Waals surface area contributed by atoms with E-state index in [-0.39, 0.29) is 13.0 Å². The van der Waals surface area contributed by atoms with Crippen LogP contribution in [-0.2, 0) is 13.1 Å². The minimum absolute atomic E-state index is 0.0450. The zero-order valence-corrected chi connectivity index (χ0v) is 13.4. The number of nitrogens with zero attached hydrogens (tertiary/aromatic N) is 3. The van der Waals surface area contributed by atoms with Crippen LogP contribution in [0.15, 0.2) is 18.2 Å². The summed E-state index contributed by atoms with van der Waals surface area (Å²) in [5.41, 5.74) is 3.23. The molecule has 1 aromatic heterocycles. The van der Waals surface area contributed by atoms with Crippen LogP contribution in [0.2, 0.25) is 0 Å². The number of para-hydroxylation sites is 1. The number of aryl methyl sites for hydroxylation is 1. The zero-order valence-electron chi connectivity index (χ0n) is 13.4. The van der Waals surface area contributed by atoms with Crippen molar-refractivity contribution >= 4 is 10.9 Å². The number of halogens is 2. The molecule has 0 aliphatic carbocycles. The van der Waals surface area contributed by atoms with E-state index in [9.17, 15) is 8.78 Å². The van der Waals surface area contributed by atoms with E-state index in [0.29, 0.717) is 19.0 Å². The molecule has 3 nitrogen and oxygen atoms in total. The van der Waals surface area contributed by atoms with E-state index in [1.807, 2.05) is 15.6 Å². The van der Waals surface area contributed by atoms with Crippen LogP contribution in [-0.4, -0.2) is 33.7 Å². The number of hydrogen-bond donors (Lipinski definition) is 0. The third-order valence-electron chi connectivity index (χ3n) is 4.21. The SMILES string of the molecule is Cc1cccc2c(CN3CCC(F)(F)C3)nn(CC(C)C)c12. The average Bonchev–Trinajstić information content (AvgIpc) is 2.92. The van der Waals surface area contributed by atoms with Crippen molar-refractivity contribution in [1.29, 1.82) is 0 Å². The Morgan fingerprint density at radius 1 is 1.32 bits per heavy atom. The third-order valence-corrected chi connectivity index (χ3v) is 4.21.